The van der Waals surface area contributed by atoms with E-state index in [0.29, 0.717) is 18.5 Å². The summed E-state index contributed by atoms with van der Waals surface area (Å²) in [7, 11) is 0. The molecule has 3 rings (SSSR count). The first-order valence-corrected chi connectivity index (χ1v) is 9.54. The molecular formula is C21H24N2O5. The van der Waals surface area contributed by atoms with Gasteiger partial charge in [0.25, 0.3) is 5.91 Å². The molecule has 0 radical (unpaired) electrons. The fourth-order valence-electron chi connectivity index (χ4n) is 3.53. The van der Waals surface area contributed by atoms with Crippen LogP contribution < -0.4 is 5.32 Å². The number of carbonyl (C=O) groups excluding carboxylic acids is 4. The van der Waals surface area contributed by atoms with Crippen molar-refractivity contribution in [2.24, 2.45) is 11.8 Å². The Morgan fingerprint density at radius 1 is 1.07 bits per heavy atom. The Balaban J connectivity index is 1.41. The number of nitrogens with zero attached hydrogens (tertiary/aromatic N) is 1. The molecule has 2 aliphatic rings. The third-order valence-corrected chi connectivity index (χ3v) is 5.15. The Hall–Kier alpha value is -2.96. The summed E-state index contributed by atoms with van der Waals surface area (Å²) >= 11 is 0. The van der Waals surface area contributed by atoms with Crippen molar-refractivity contribution >= 4 is 29.4 Å². The lowest BCUT2D eigenvalue weighted by Crippen LogP contribution is -2.33. The largest absolute Gasteiger partial charge is 0.456 e. The highest BCUT2D eigenvalue weighted by Crippen LogP contribution is 2.34. The second-order valence-corrected chi connectivity index (χ2v) is 6.99. The van der Waals surface area contributed by atoms with Gasteiger partial charge < -0.3 is 10.1 Å². The minimum Gasteiger partial charge on any atom is -0.456 e. The molecule has 0 bridgehead atoms. The smallest absolute Gasteiger partial charge is 0.308 e. The van der Waals surface area contributed by atoms with Crippen LogP contribution in [0.25, 0.3) is 0 Å². The normalized spacial score (nSPS) is 20.8. The van der Waals surface area contributed by atoms with E-state index in [1.165, 1.54) is 0 Å². The number of amides is 3. The summed E-state index contributed by atoms with van der Waals surface area (Å²) < 4.78 is 4.96. The minimum absolute atomic E-state index is 0.0103. The van der Waals surface area contributed by atoms with Crippen LogP contribution in [0.2, 0.25) is 0 Å². The maximum Gasteiger partial charge on any atom is 0.308 e. The molecule has 1 aliphatic carbocycles. The number of esters is 1. The van der Waals surface area contributed by atoms with Gasteiger partial charge in [-0.2, -0.15) is 0 Å². The monoisotopic (exact) mass is 384 g/mol. The van der Waals surface area contributed by atoms with Crippen LogP contribution in [0, 0.1) is 11.8 Å². The maximum absolute atomic E-state index is 12.3. The lowest BCUT2D eigenvalue weighted by atomic mass is 9.85. The van der Waals surface area contributed by atoms with Gasteiger partial charge in [-0.05, 0) is 37.0 Å². The molecule has 1 aliphatic heterocycles. The van der Waals surface area contributed by atoms with Crippen LogP contribution in [0.3, 0.4) is 0 Å². The van der Waals surface area contributed by atoms with Crippen molar-refractivity contribution in [3.8, 4) is 0 Å². The van der Waals surface area contributed by atoms with Gasteiger partial charge in [0, 0.05) is 12.2 Å². The number of hydrogen-bond acceptors (Lipinski definition) is 5. The summed E-state index contributed by atoms with van der Waals surface area (Å²) in [6.45, 7) is 1.62. The standard InChI is InChI=1S/C21H24N2O5/c1-2-14-7-9-15(10-8-14)22-18(24)13-28-19(25)11-12-23-20(26)16-5-3-4-6-17(16)21(23)27/h3-4,7-10,16-17H,2,5-6,11-13H2,1H3,(H,22,24)/t16-,17-/m1/s1. The lowest BCUT2D eigenvalue weighted by molar-refractivity contribution is -0.148. The number of hydrogen-bond donors (Lipinski definition) is 1. The molecule has 3 amide bonds. The van der Waals surface area contributed by atoms with E-state index in [-0.39, 0.29) is 36.6 Å². The second-order valence-electron chi connectivity index (χ2n) is 6.99. The zero-order chi connectivity index (χ0) is 20.1. The predicted molar refractivity (Wildman–Crippen MR) is 102 cm³/mol. The molecule has 1 aromatic carbocycles. The van der Waals surface area contributed by atoms with Crippen molar-refractivity contribution < 1.29 is 23.9 Å². The molecular weight excluding hydrogens is 360 g/mol. The molecule has 1 fully saturated rings. The molecule has 1 saturated heterocycles. The topological polar surface area (TPSA) is 92.8 Å². The van der Waals surface area contributed by atoms with E-state index in [1.54, 1.807) is 12.1 Å². The maximum atomic E-state index is 12.3. The number of anilines is 1. The van der Waals surface area contributed by atoms with Crippen LogP contribution >= 0.6 is 0 Å². The van der Waals surface area contributed by atoms with Gasteiger partial charge >= 0.3 is 5.97 Å². The summed E-state index contributed by atoms with van der Waals surface area (Å²) in [6.07, 6.45) is 5.75. The minimum atomic E-state index is -0.620. The van der Waals surface area contributed by atoms with Crippen LogP contribution in [-0.2, 0) is 30.3 Å². The van der Waals surface area contributed by atoms with Gasteiger partial charge in [0.2, 0.25) is 11.8 Å². The highest BCUT2D eigenvalue weighted by molar-refractivity contribution is 6.05. The van der Waals surface area contributed by atoms with Crippen molar-refractivity contribution in [2.45, 2.75) is 32.6 Å². The van der Waals surface area contributed by atoms with Crippen molar-refractivity contribution in [1.82, 2.24) is 4.90 Å². The van der Waals surface area contributed by atoms with Crippen LogP contribution in [-0.4, -0.2) is 41.7 Å². The van der Waals surface area contributed by atoms with Crippen LogP contribution in [0.5, 0.6) is 0 Å². The average molecular weight is 384 g/mol. The number of benzene rings is 1. The second kappa shape index (κ2) is 8.82. The van der Waals surface area contributed by atoms with E-state index in [4.69, 9.17) is 4.74 Å². The third-order valence-electron chi connectivity index (χ3n) is 5.15. The Morgan fingerprint density at radius 3 is 2.25 bits per heavy atom. The Labute approximate surface area is 163 Å². The van der Waals surface area contributed by atoms with Crippen LogP contribution in [0.4, 0.5) is 5.69 Å². The first-order chi connectivity index (χ1) is 13.5. The molecule has 2 atom stereocenters. The van der Waals surface area contributed by atoms with Gasteiger partial charge in [-0.1, -0.05) is 31.2 Å². The van der Waals surface area contributed by atoms with Crippen LogP contribution in [0.15, 0.2) is 36.4 Å². The van der Waals surface area contributed by atoms with Gasteiger partial charge in [-0.25, -0.2) is 0 Å². The molecule has 0 aromatic heterocycles. The van der Waals surface area contributed by atoms with Gasteiger partial charge in [-0.3, -0.25) is 24.1 Å². The van der Waals surface area contributed by atoms with E-state index in [0.717, 1.165) is 16.9 Å². The number of allylic oxidation sites excluding steroid dienone is 2. The molecule has 0 saturated carbocycles. The average Bonchev–Trinajstić information content (AvgIpc) is 2.96. The van der Waals surface area contributed by atoms with Gasteiger partial charge in [-0.15, -0.1) is 0 Å². The van der Waals surface area contributed by atoms with Crippen molar-refractivity contribution in [2.75, 3.05) is 18.5 Å². The van der Waals surface area contributed by atoms with Gasteiger partial charge in [0.15, 0.2) is 6.61 Å². The van der Waals surface area contributed by atoms with E-state index in [9.17, 15) is 19.2 Å². The Morgan fingerprint density at radius 2 is 1.68 bits per heavy atom. The first kappa shape index (κ1) is 19.8. The molecule has 28 heavy (non-hydrogen) atoms. The highest BCUT2D eigenvalue weighted by atomic mass is 16.5. The number of likely N-dealkylation sites (tertiary alicyclic amines) is 1. The van der Waals surface area contributed by atoms with E-state index < -0.39 is 18.5 Å². The lowest BCUT2D eigenvalue weighted by Gasteiger charge is -2.14. The van der Waals surface area contributed by atoms with E-state index in [2.05, 4.69) is 5.32 Å². The number of fused-ring (bicyclic) bond motifs is 1. The van der Waals surface area contributed by atoms with E-state index in [1.807, 2.05) is 31.2 Å². The van der Waals surface area contributed by atoms with Gasteiger partial charge in [0.05, 0.1) is 18.3 Å². The highest BCUT2D eigenvalue weighted by Gasteiger charge is 2.46. The molecule has 7 nitrogen and oxygen atoms in total. The van der Waals surface area contributed by atoms with E-state index >= 15 is 0 Å². The zero-order valence-corrected chi connectivity index (χ0v) is 15.8. The predicted octanol–water partition coefficient (Wildman–Crippen LogP) is 2.07. The fourth-order valence-corrected chi connectivity index (χ4v) is 3.53. The number of imide groups is 1. The molecule has 1 N–H and O–H groups in total. The zero-order valence-electron chi connectivity index (χ0n) is 15.8. The molecule has 1 aromatic rings. The summed E-state index contributed by atoms with van der Waals surface area (Å²) in [6, 6.07) is 7.41. The van der Waals surface area contributed by atoms with Crippen molar-refractivity contribution in [1.29, 1.82) is 0 Å². The molecule has 7 heteroatoms. The molecule has 1 heterocycles. The number of carbonyl (C=O) groups is 4. The van der Waals surface area contributed by atoms with Gasteiger partial charge in [0.1, 0.15) is 0 Å². The summed E-state index contributed by atoms with van der Waals surface area (Å²) in [5, 5.41) is 2.65. The molecule has 0 spiro atoms. The first-order valence-electron chi connectivity index (χ1n) is 9.54. The third kappa shape index (κ3) is 4.47. The van der Waals surface area contributed by atoms with Crippen molar-refractivity contribution in [3.63, 3.8) is 0 Å². The fraction of sp³-hybridized carbons (Fsp3) is 0.429. The number of nitrogens with one attached hydrogen (secondary N) is 1. The van der Waals surface area contributed by atoms with Crippen molar-refractivity contribution in [3.05, 3.63) is 42.0 Å². The Bertz CT molecular complexity index is 774. The van der Waals surface area contributed by atoms with Crippen LogP contribution in [0.1, 0.15) is 31.7 Å². The summed E-state index contributed by atoms with van der Waals surface area (Å²) in [5.41, 5.74) is 1.79. The summed E-state index contributed by atoms with van der Waals surface area (Å²) in [4.78, 5) is 49.6. The number of aryl methyl sites for hydroxylation is 1. The SMILES string of the molecule is CCc1ccc(NC(=O)COC(=O)CCN2C(=O)[C@@H]3CC=CC[C@H]3C2=O)cc1. The summed E-state index contributed by atoms with van der Waals surface area (Å²) in [5.74, 6) is -2.12. The number of ether oxygens (including phenoxy) is 1. The molecule has 0 unspecified atom stereocenters. The quantitative estimate of drug-likeness (QED) is 0.441. The Kier molecular flexibility index (Phi) is 6.23. The number of rotatable bonds is 7. The molecule has 148 valence electrons.